The molecule has 1 atom stereocenters. The van der Waals surface area contributed by atoms with Gasteiger partial charge in [0.15, 0.2) is 5.96 Å². The molecule has 0 bridgehead atoms. The molecule has 1 saturated heterocycles. The van der Waals surface area contributed by atoms with Gasteiger partial charge in [-0.15, -0.1) is 24.0 Å². The van der Waals surface area contributed by atoms with Crippen LogP contribution in [0.2, 0.25) is 0 Å². The Hall–Kier alpha value is -0.820. The van der Waals surface area contributed by atoms with Crippen LogP contribution in [0, 0.1) is 6.92 Å². The highest BCUT2D eigenvalue weighted by Crippen LogP contribution is 2.10. The van der Waals surface area contributed by atoms with E-state index in [0.717, 1.165) is 32.1 Å². The number of nitrogens with one attached hydrogen (secondary N) is 2. The summed E-state index contributed by atoms with van der Waals surface area (Å²) in [5, 5.41) is 6.63. The van der Waals surface area contributed by atoms with Crippen molar-refractivity contribution in [3.63, 3.8) is 0 Å². The average molecular weight is 389 g/mol. The van der Waals surface area contributed by atoms with Gasteiger partial charge in [-0.25, -0.2) is 0 Å². The maximum Gasteiger partial charge on any atom is 0.191 e. The first kappa shape index (κ1) is 17.2. The zero-order valence-electron chi connectivity index (χ0n) is 12.2. The predicted octanol–water partition coefficient (Wildman–Crippen LogP) is 2.46. The van der Waals surface area contributed by atoms with E-state index in [4.69, 9.17) is 4.74 Å². The molecule has 1 heterocycles. The van der Waals surface area contributed by atoms with Crippen LogP contribution < -0.4 is 10.6 Å². The molecule has 5 heteroatoms. The summed E-state index contributed by atoms with van der Waals surface area (Å²) < 4.78 is 5.58. The number of aryl methyl sites for hydroxylation is 1. The van der Waals surface area contributed by atoms with Crippen LogP contribution in [-0.2, 0) is 11.3 Å². The molecule has 0 spiro atoms. The summed E-state index contributed by atoms with van der Waals surface area (Å²) >= 11 is 0. The van der Waals surface area contributed by atoms with Crippen molar-refractivity contribution in [1.29, 1.82) is 0 Å². The van der Waals surface area contributed by atoms with Crippen molar-refractivity contribution in [3.8, 4) is 0 Å². The summed E-state index contributed by atoms with van der Waals surface area (Å²) in [7, 11) is 1.79. The van der Waals surface area contributed by atoms with E-state index in [0.29, 0.717) is 6.10 Å². The van der Waals surface area contributed by atoms with Gasteiger partial charge in [0.05, 0.1) is 6.10 Å². The van der Waals surface area contributed by atoms with Gasteiger partial charge in [-0.3, -0.25) is 4.99 Å². The van der Waals surface area contributed by atoms with Gasteiger partial charge in [0, 0.05) is 26.7 Å². The molecule has 0 saturated carbocycles. The molecule has 2 rings (SSSR count). The van der Waals surface area contributed by atoms with E-state index < -0.39 is 0 Å². The minimum atomic E-state index is 0. The summed E-state index contributed by atoms with van der Waals surface area (Å²) in [5.74, 6) is 0.831. The molecule has 1 fully saturated rings. The Labute approximate surface area is 138 Å². The van der Waals surface area contributed by atoms with Crippen LogP contribution in [0.5, 0.6) is 0 Å². The number of hydrogen-bond acceptors (Lipinski definition) is 2. The molecular formula is C15H24IN3O. The molecule has 0 amide bonds. The second-order valence-electron chi connectivity index (χ2n) is 4.93. The monoisotopic (exact) mass is 389 g/mol. The van der Waals surface area contributed by atoms with E-state index in [1.807, 2.05) is 0 Å². The molecule has 1 aromatic carbocycles. The van der Waals surface area contributed by atoms with Crippen molar-refractivity contribution in [2.24, 2.45) is 4.99 Å². The number of halogens is 1. The van der Waals surface area contributed by atoms with E-state index in [2.05, 4.69) is 46.8 Å². The number of aliphatic imine (C=N–C) groups is 1. The highest BCUT2D eigenvalue weighted by molar-refractivity contribution is 14.0. The summed E-state index contributed by atoms with van der Waals surface area (Å²) in [4.78, 5) is 4.23. The van der Waals surface area contributed by atoms with Gasteiger partial charge < -0.3 is 15.4 Å². The van der Waals surface area contributed by atoms with Crippen LogP contribution >= 0.6 is 24.0 Å². The molecule has 1 aliphatic heterocycles. The second kappa shape index (κ2) is 9.18. The Bertz CT molecular complexity index is 431. The summed E-state index contributed by atoms with van der Waals surface area (Å²) in [6, 6.07) is 8.48. The van der Waals surface area contributed by atoms with Gasteiger partial charge in [0.25, 0.3) is 0 Å². The molecule has 20 heavy (non-hydrogen) atoms. The molecule has 0 aliphatic carbocycles. The maximum atomic E-state index is 5.58. The predicted molar refractivity (Wildman–Crippen MR) is 93.8 cm³/mol. The molecule has 4 nitrogen and oxygen atoms in total. The van der Waals surface area contributed by atoms with E-state index in [1.54, 1.807) is 7.05 Å². The van der Waals surface area contributed by atoms with Gasteiger partial charge in [-0.2, -0.15) is 0 Å². The molecule has 1 aliphatic rings. The van der Waals surface area contributed by atoms with Crippen molar-refractivity contribution >= 4 is 29.9 Å². The molecular weight excluding hydrogens is 365 g/mol. The SMILES string of the molecule is CN=C(NCc1cccc(C)c1)NCC1CCCO1.I. The van der Waals surface area contributed by atoms with E-state index >= 15 is 0 Å². The highest BCUT2D eigenvalue weighted by Gasteiger charge is 2.15. The van der Waals surface area contributed by atoms with Crippen molar-refractivity contribution in [1.82, 2.24) is 10.6 Å². The maximum absolute atomic E-state index is 5.58. The third-order valence-corrected chi connectivity index (χ3v) is 3.29. The Morgan fingerprint density at radius 1 is 1.40 bits per heavy atom. The molecule has 112 valence electrons. The Morgan fingerprint density at radius 3 is 2.90 bits per heavy atom. The standard InChI is InChI=1S/C15H23N3O.HI/c1-12-5-3-6-13(9-12)10-17-15(16-2)18-11-14-7-4-8-19-14;/h3,5-6,9,14H,4,7-8,10-11H2,1-2H3,(H2,16,17,18);1H. The van der Waals surface area contributed by atoms with Crippen LogP contribution in [0.15, 0.2) is 29.3 Å². The van der Waals surface area contributed by atoms with Crippen LogP contribution in [0.1, 0.15) is 24.0 Å². The normalized spacial score (nSPS) is 18.5. The van der Waals surface area contributed by atoms with Gasteiger partial charge in [-0.1, -0.05) is 29.8 Å². The Morgan fingerprint density at radius 2 is 2.25 bits per heavy atom. The van der Waals surface area contributed by atoms with Gasteiger partial charge in [0.2, 0.25) is 0 Å². The van der Waals surface area contributed by atoms with Crippen LogP contribution in [-0.4, -0.2) is 32.3 Å². The zero-order valence-corrected chi connectivity index (χ0v) is 14.5. The fourth-order valence-corrected chi connectivity index (χ4v) is 2.24. The fraction of sp³-hybridized carbons (Fsp3) is 0.533. The van der Waals surface area contributed by atoms with Crippen molar-refractivity contribution in [2.75, 3.05) is 20.2 Å². The lowest BCUT2D eigenvalue weighted by molar-refractivity contribution is 0.114. The number of benzene rings is 1. The molecule has 0 radical (unpaired) electrons. The number of nitrogens with zero attached hydrogens (tertiary/aromatic N) is 1. The van der Waals surface area contributed by atoms with Gasteiger partial charge in [0.1, 0.15) is 0 Å². The largest absolute Gasteiger partial charge is 0.376 e. The molecule has 2 N–H and O–H groups in total. The summed E-state index contributed by atoms with van der Waals surface area (Å²) in [6.07, 6.45) is 2.64. The van der Waals surface area contributed by atoms with Crippen molar-refractivity contribution in [2.45, 2.75) is 32.4 Å². The molecule has 1 aromatic rings. The first-order valence-electron chi connectivity index (χ1n) is 6.89. The van der Waals surface area contributed by atoms with Gasteiger partial charge in [-0.05, 0) is 25.3 Å². The second-order valence-corrected chi connectivity index (χ2v) is 4.93. The molecule has 1 unspecified atom stereocenters. The summed E-state index contributed by atoms with van der Waals surface area (Å²) in [5.41, 5.74) is 2.54. The number of ether oxygens (including phenoxy) is 1. The van der Waals surface area contributed by atoms with E-state index in [-0.39, 0.29) is 24.0 Å². The third kappa shape index (κ3) is 5.66. The van der Waals surface area contributed by atoms with Crippen molar-refractivity contribution in [3.05, 3.63) is 35.4 Å². The Balaban J connectivity index is 0.00000200. The van der Waals surface area contributed by atoms with Crippen LogP contribution in [0.25, 0.3) is 0 Å². The van der Waals surface area contributed by atoms with E-state index in [9.17, 15) is 0 Å². The average Bonchev–Trinajstić information content (AvgIpc) is 2.92. The van der Waals surface area contributed by atoms with Crippen molar-refractivity contribution < 1.29 is 4.74 Å². The lowest BCUT2D eigenvalue weighted by Gasteiger charge is -2.15. The smallest absolute Gasteiger partial charge is 0.191 e. The number of rotatable bonds is 4. The highest BCUT2D eigenvalue weighted by atomic mass is 127. The zero-order chi connectivity index (χ0) is 13.5. The first-order valence-corrected chi connectivity index (χ1v) is 6.89. The Kier molecular flexibility index (Phi) is 7.91. The van der Waals surface area contributed by atoms with Gasteiger partial charge >= 0.3 is 0 Å². The quantitative estimate of drug-likeness (QED) is 0.473. The number of hydrogen-bond donors (Lipinski definition) is 2. The first-order chi connectivity index (χ1) is 9.28. The van der Waals surface area contributed by atoms with Crippen LogP contribution in [0.3, 0.4) is 0 Å². The minimum absolute atomic E-state index is 0. The van der Waals surface area contributed by atoms with Crippen LogP contribution in [0.4, 0.5) is 0 Å². The summed E-state index contributed by atoms with van der Waals surface area (Å²) in [6.45, 7) is 4.61. The lowest BCUT2D eigenvalue weighted by atomic mass is 10.1. The third-order valence-electron chi connectivity index (χ3n) is 3.29. The topological polar surface area (TPSA) is 45.7 Å². The molecule has 0 aromatic heterocycles. The lowest BCUT2D eigenvalue weighted by Crippen LogP contribution is -2.40. The number of guanidine groups is 1. The minimum Gasteiger partial charge on any atom is -0.376 e. The fourth-order valence-electron chi connectivity index (χ4n) is 2.24. The van der Waals surface area contributed by atoms with E-state index in [1.165, 1.54) is 17.5 Å².